The van der Waals surface area contributed by atoms with Gasteiger partial charge in [0.2, 0.25) is 0 Å². The Bertz CT molecular complexity index is 597. The molecule has 0 spiro atoms. The van der Waals surface area contributed by atoms with E-state index < -0.39 is 9.84 Å². The van der Waals surface area contributed by atoms with E-state index in [0.29, 0.717) is 29.4 Å². The van der Waals surface area contributed by atoms with Crippen LogP contribution in [0.3, 0.4) is 0 Å². The van der Waals surface area contributed by atoms with Crippen molar-refractivity contribution >= 4 is 9.84 Å². The van der Waals surface area contributed by atoms with E-state index in [-0.39, 0.29) is 0 Å². The molecule has 116 valence electrons. The van der Waals surface area contributed by atoms with Gasteiger partial charge in [0.25, 0.3) is 0 Å². The standard InChI is InChI=1S/C17H25NO2S/c1-2-8-18-17(14-7-9-21(19,20)12-14)11-15-10-13-5-3-4-6-16(13)15/h3-6,14-15,17-18H,2,7-12H2,1H3. The average Bonchev–Trinajstić information content (AvgIpc) is 2.79. The van der Waals surface area contributed by atoms with Gasteiger partial charge in [0.15, 0.2) is 9.84 Å². The van der Waals surface area contributed by atoms with Gasteiger partial charge in [-0.05, 0) is 55.2 Å². The van der Waals surface area contributed by atoms with Crippen LogP contribution in [-0.4, -0.2) is 32.5 Å². The molecule has 3 nitrogen and oxygen atoms in total. The minimum Gasteiger partial charge on any atom is -0.314 e. The monoisotopic (exact) mass is 307 g/mol. The summed E-state index contributed by atoms with van der Waals surface area (Å²) in [5, 5.41) is 3.61. The molecule has 1 heterocycles. The fourth-order valence-electron chi connectivity index (χ4n) is 3.79. The van der Waals surface area contributed by atoms with Crippen molar-refractivity contribution in [3.8, 4) is 0 Å². The van der Waals surface area contributed by atoms with Crippen LogP contribution in [0.5, 0.6) is 0 Å². The summed E-state index contributed by atoms with van der Waals surface area (Å²) in [5.41, 5.74) is 2.94. The van der Waals surface area contributed by atoms with Gasteiger partial charge in [-0.3, -0.25) is 0 Å². The van der Waals surface area contributed by atoms with Crippen LogP contribution in [0.2, 0.25) is 0 Å². The molecule has 1 aromatic rings. The summed E-state index contributed by atoms with van der Waals surface area (Å²) in [4.78, 5) is 0. The lowest BCUT2D eigenvalue weighted by Gasteiger charge is -2.35. The fraction of sp³-hybridized carbons (Fsp3) is 0.647. The lowest BCUT2D eigenvalue weighted by molar-refractivity contribution is 0.328. The lowest BCUT2D eigenvalue weighted by Crippen LogP contribution is -2.40. The third-order valence-corrected chi connectivity index (χ3v) is 6.79. The first-order chi connectivity index (χ1) is 10.1. The van der Waals surface area contributed by atoms with Crippen molar-refractivity contribution in [2.45, 2.75) is 44.6 Å². The number of fused-ring (bicyclic) bond motifs is 1. The number of sulfone groups is 1. The van der Waals surface area contributed by atoms with Gasteiger partial charge in [-0.15, -0.1) is 0 Å². The van der Waals surface area contributed by atoms with Crippen molar-refractivity contribution in [3.63, 3.8) is 0 Å². The Kier molecular flexibility index (Phi) is 4.36. The molecule has 0 aromatic heterocycles. The van der Waals surface area contributed by atoms with E-state index in [0.717, 1.165) is 32.2 Å². The Morgan fingerprint density at radius 1 is 1.33 bits per heavy atom. The van der Waals surface area contributed by atoms with Crippen LogP contribution in [0, 0.1) is 5.92 Å². The van der Waals surface area contributed by atoms with Crippen molar-refractivity contribution in [1.29, 1.82) is 0 Å². The molecule has 3 atom stereocenters. The second kappa shape index (κ2) is 6.09. The normalized spacial score (nSPS) is 27.9. The third-order valence-electron chi connectivity index (χ3n) is 4.99. The molecule has 1 saturated heterocycles. The molecular weight excluding hydrogens is 282 g/mol. The van der Waals surface area contributed by atoms with Gasteiger partial charge in [-0.25, -0.2) is 8.42 Å². The summed E-state index contributed by atoms with van der Waals surface area (Å²) >= 11 is 0. The number of rotatable bonds is 6. The molecule has 1 aliphatic heterocycles. The van der Waals surface area contributed by atoms with Gasteiger partial charge in [0, 0.05) is 6.04 Å². The lowest BCUT2D eigenvalue weighted by atomic mass is 9.73. The molecule has 0 saturated carbocycles. The summed E-state index contributed by atoms with van der Waals surface area (Å²) in [6.45, 7) is 3.14. The van der Waals surface area contributed by atoms with E-state index in [2.05, 4.69) is 36.5 Å². The highest BCUT2D eigenvalue weighted by Gasteiger charge is 2.36. The van der Waals surface area contributed by atoms with E-state index in [4.69, 9.17) is 0 Å². The minimum absolute atomic E-state index is 0.300. The zero-order chi connectivity index (χ0) is 14.9. The van der Waals surface area contributed by atoms with Crippen LogP contribution < -0.4 is 5.32 Å². The Labute approximate surface area is 128 Å². The summed E-state index contributed by atoms with van der Waals surface area (Å²) in [6.07, 6.45) is 4.16. The maximum absolute atomic E-state index is 11.8. The second-order valence-corrected chi connectivity index (χ2v) is 8.79. The third kappa shape index (κ3) is 3.32. The average molecular weight is 307 g/mol. The molecule has 4 heteroatoms. The zero-order valence-electron chi connectivity index (χ0n) is 12.7. The number of hydrogen-bond acceptors (Lipinski definition) is 3. The van der Waals surface area contributed by atoms with Gasteiger partial charge in [-0.1, -0.05) is 31.2 Å². The maximum Gasteiger partial charge on any atom is 0.150 e. The first-order valence-electron chi connectivity index (χ1n) is 8.10. The Morgan fingerprint density at radius 2 is 2.14 bits per heavy atom. The minimum atomic E-state index is -2.79. The second-order valence-electron chi connectivity index (χ2n) is 6.56. The van der Waals surface area contributed by atoms with E-state index in [9.17, 15) is 8.42 Å². The summed E-state index contributed by atoms with van der Waals surface area (Å²) in [5.74, 6) is 1.67. The highest BCUT2D eigenvalue weighted by atomic mass is 32.2. The van der Waals surface area contributed by atoms with Crippen LogP contribution in [-0.2, 0) is 16.3 Å². The molecule has 2 aliphatic rings. The van der Waals surface area contributed by atoms with Crippen LogP contribution >= 0.6 is 0 Å². The highest BCUT2D eigenvalue weighted by Crippen LogP contribution is 2.39. The quantitative estimate of drug-likeness (QED) is 0.878. The predicted octanol–water partition coefficient (Wildman–Crippen LogP) is 2.52. The topological polar surface area (TPSA) is 46.2 Å². The summed E-state index contributed by atoms with van der Waals surface area (Å²) < 4.78 is 23.5. The molecule has 3 rings (SSSR count). The van der Waals surface area contributed by atoms with Crippen LogP contribution in [0.25, 0.3) is 0 Å². The van der Waals surface area contributed by atoms with E-state index in [1.807, 2.05) is 0 Å². The SMILES string of the molecule is CCCNC(CC1Cc2ccccc21)C1CCS(=O)(=O)C1. The van der Waals surface area contributed by atoms with Gasteiger partial charge in [-0.2, -0.15) is 0 Å². The number of benzene rings is 1. The van der Waals surface area contributed by atoms with Crippen LogP contribution in [0.4, 0.5) is 0 Å². The van der Waals surface area contributed by atoms with Gasteiger partial charge in [0.1, 0.15) is 0 Å². The van der Waals surface area contributed by atoms with Gasteiger partial charge in [0.05, 0.1) is 11.5 Å². The molecule has 1 aliphatic carbocycles. The van der Waals surface area contributed by atoms with Gasteiger partial charge >= 0.3 is 0 Å². The molecule has 21 heavy (non-hydrogen) atoms. The Hall–Kier alpha value is -0.870. The molecule has 0 amide bonds. The predicted molar refractivity (Wildman–Crippen MR) is 86.3 cm³/mol. The summed E-state index contributed by atoms with van der Waals surface area (Å²) in [6, 6.07) is 9.00. The molecule has 1 fully saturated rings. The van der Waals surface area contributed by atoms with E-state index in [1.54, 1.807) is 0 Å². The van der Waals surface area contributed by atoms with Crippen molar-refractivity contribution in [3.05, 3.63) is 35.4 Å². The molecule has 1 aromatic carbocycles. The maximum atomic E-state index is 11.8. The van der Waals surface area contributed by atoms with Crippen molar-refractivity contribution < 1.29 is 8.42 Å². The zero-order valence-corrected chi connectivity index (χ0v) is 13.5. The molecule has 0 radical (unpaired) electrons. The molecular formula is C17H25NO2S. The van der Waals surface area contributed by atoms with Gasteiger partial charge < -0.3 is 5.32 Å². The van der Waals surface area contributed by atoms with Crippen molar-refractivity contribution in [1.82, 2.24) is 5.32 Å². The van der Waals surface area contributed by atoms with Crippen LogP contribution in [0.1, 0.15) is 43.2 Å². The van der Waals surface area contributed by atoms with Crippen LogP contribution in [0.15, 0.2) is 24.3 Å². The Morgan fingerprint density at radius 3 is 2.81 bits per heavy atom. The smallest absolute Gasteiger partial charge is 0.150 e. The molecule has 3 unspecified atom stereocenters. The molecule has 1 N–H and O–H groups in total. The van der Waals surface area contributed by atoms with E-state index >= 15 is 0 Å². The largest absolute Gasteiger partial charge is 0.314 e. The fourth-order valence-corrected chi connectivity index (χ4v) is 5.67. The molecule has 0 bridgehead atoms. The van der Waals surface area contributed by atoms with E-state index in [1.165, 1.54) is 11.1 Å². The first kappa shape index (κ1) is 15.0. The highest BCUT2D eigenvalue weighted by molar-refractivity contribution is 7.91. The van der Waals surface area contributed by atoms with Crippen molar-refractivity contribution in [2.24, 2.45) is 5.92 Å². The first-order valence-corrected chi connectivity index (χ1v) is 9.93. The van der Waals surface area contributed by atoms with Crippen molar-refractivity contribution in [2.75, 3.05) is 18.1 Å². The summed E-state index contributed by atoms with van der Waals surface area (Å²) in [7, 11) is -2.79. The number of nitrogens with one attached hydrogen (secondary N) is 1. The Balaban J connectivity index is 1.67. The number of hydrogen-bond donors (Lipinski definition) is 1.